The van der Waals surface area contributed by atoms with Crippen LogP contribution in [0.4, 0.5) is 5.69 Å². The standard InChI is InChI=1S/C13H11Br2NO2S/c1-6-10(16)12(13(17)18-2)19-11(6)8-4-3-7(14)5-9(8)15/h3-5H,16H2,1-2H3. The lowest BCUT2D eigenvalue weighted by Crippen LogP contribution is -2.01. The number of esters is 1. The van der Waals surface area contributed by atoms with Crippen molar-refractivity contribution in [1.29, 1.82) is 0 Å². The molecule has 1 aromatic carbocycles. The van der Waals surface area contributed by atoms with Crippen LogP contribution in [0.1, 0.15) is 15.2 Å². The van der Waals surface area contributed by atoms with Crippen molar-refractivity contribution in [1.82, 2.24) is 0 Å². The Bertz CT molecular complexity index is 652. The normalized spacial score (nSPS) is 10.5. The summed E-state index contributed by atoms with van der Waals surface area (Å²) in [5, 5.41) is 0. The van der Waals surface area contributed by atoms with Gasteiger partial charge in [0.15, 0.2) is 0 Å². The van der Waals surface area contributed by atoms with Gasteiger partial charge in [-0.05, 0) is 24.6 Å². The number of carbonyl (C=O) groups is 1. The first-order chi connectivity index (χ1) is 8.95. The number of methoxy groups -OCH3 is 1. The van der Waals surface area contributed by atoms with Gasteiger partial charge < -0.3 is 10.5 Å². The average molecular weight is 405 g/mol. The van der Waals surface area contributed by atoms with Crippen LogP contribution in [0.5, 0.6) is 0 Å². The molecule has 0 bridgehead atoms. The number of halogens is 2. The maximum Gasteiger partial charge on any atom is 0.350 e. The molecule has 0 fully saturated rings. The summed E-state index contributed by atoms with van der Waals surface area (Å²) in [6, 6.07) is 5.89. The SMILES string of the molecule is COC(=O)c1sc(-c2ccc(Br)cc2Br)c(C)c1N. The molecule has 1 heterocycles. The zero-order valence-corrected chi connectivity index (χ0v) is 14.3. The zero-order chi connectivity index (χ0) is 14.2. The number of ether oxygens (including phenoxy) is 1. The van der Waals surface area contributed by atoms with E-state index in [0.717, 1.165) is 24.9 Å². The Morgan fingerprint density at radius 2 is 2.05 bits per heavy atom. The first-order valence-electron chi connectivity index (χ1n) is 5.38. The fourth-order valence-electron chi connectivity index (χ4n) is 1.70. The second-order valence-electron chi connectivity index (χ2n) is 3.91. The van der Waals surface area contributed by atoms with Gasteiger partial charge in [-0.15, -0.1) is 11.3 Å². The molecule has 0 unspecified atom stereocenters. The van der Waals surface area contributed by atoms with Gasteiger partial charge in [0.1, 0.15) is 4.88 Å². The van der Waals surface area contributed by atoms with E-state index in [-0.39, 0.29) is 0 Å². The smallest absolute Gasteiger partial charge is 0.350 e. The molecule has 1 aromatic heterocycles. The van der Waals surface area contributed by atoms with E-state index in [1.165, 1.54) is 18.4 Å². The highest BCUT2D eigenvalue weighted by Crippen LogP contribution is 2.41. The molecule has 0 aliphatic heterocycles. The molecular weight excluding hydrogens is 394 g/mol. The molecule has 0 spiro atoms. The first kappa shape index (κ1) is 14.6. The van der Waals surface area contributed by atoms with Crippen molar-refractivity contribution in [2.24, 2.45) is 0 Å². The van der Waals surface area contributed by atoms with E-state index in [1.54, 1.807) is 0 Å². The van der Waals surface area contributed by atoms with Crippen molar-refractivity contribution < 1.29 is 9.53 Å². The van der Waals surface area contributed by atoms with Crippen LogP contribution in [0.2, 0.25) is 0 Å². The maximum atomic E-state index is 11.7. The summed E-state index contributed by atoms with van der Waals surface area (Å²) >= 11 is 8.29. The summed E-state index contributed by atoms with van der Waals surface area (Å²) in [5.41, 5.74) is 8.37. The Labute approximate surface area is 132 Å². The molecule has 6 heteroatoms. The molecule has 0 saturated carbocycles. The van der Waals surface area contributed by atoms with E-state index >= 15 is 0 Å². The van der Waals surface area contributed by atoms with Gasteiger partial charge in [0.25, 0.3) is 0 Å². The number of thiophene rings is 1. The van der Waals surface area contributed by atoms with Gasteiger partial charge in [-0.25, -0.2) is 4.79 Å². The van der Waals surface area contributed by atoms with Crippen LogP contribution in [-0.4, -0.2) is 13.1 Å². The van der Waals surface area contributed by atoms with Gasteiger partial charge in [-0.2, -0.15) is 0 Å². The number of rotatable bonds is 2. The van der Waals surface area contributed by atoms with Crippen LogP contribution in [0.25, 0.3) is 10.4 Å². The van der Waals surface area contributed by atoms with Crippen LogP contribution < -0.4 is 5.73 Å². The van der Waals surface area contributed by atoms with Crippen LogP contribution >= 0.6 is 43.2 Å². The second-order valence-corrected chi connectivity index (χ2v) is 6.71. The number of anilines is 1. The monoisotopic (exact) mass is 403 g/mol. The van der Waals surface area contributed by atoms with E-state index < -0.39 is 5.97 Å². The summed E-state index contributed by atoms with van der Waals surface area (Å²) < 4.78 is 6.67. The quantitative estimate of drug-likeness (QED) is 0.743. The highest BCUT2D eigenvalue weighted by atomic mass is 79.9. The first-order valence-corrected chi connectivity index (χ1v) is 7.78. The molecular formula is C13H11Br2NO2S. The lowest BCUT2D eigenvalue weighted by Gasteiger charge is -2.04. The average Bonchev–Trinajstić information content (AvgIpc) is 2.66. The van der Waals surface area contributed by atoms with Gasteiger partial charge in [-0.3, -0.25) is 0 Å². The van der Waals surface area contributed by atoms with Crippen LogP contribution in [0.15, 0.2) is 27.1 Å². The van der Waals surface area contributed by atoms with Gasteiger partial charge in [-0.1, -0.05) is 37.9 Å². The zero-order valence-electron chi connectivity index (χ0n) is 10.3. The third-order valence-electron chi connectivity index (χ3n) is 2.74. The third kappa shape index (κ3) is 2.70. The summed E-state index contributed by atoms with van der Waals surface area (Å²) in [6.07, 6.45) is 0. The molecule has 0 aliphatic rings. The lowest BCUT2D eigenvalue weighted by molar-refractivity contribution is 0.0607. The lowest BCUT2D eigenvalue weighted by atomic mass is 10.1. The number of nitrogens with two attached hydrogens (primary N) is 1. The van der Waals surface area contributed by atoms with Crippen molar-refractivity contribution in [2.75, 3.05) is 12.8 Å². The molecule has 3 nitrogen and oxygen atoms in total. The fraction of sp³-hybridized carbons (Fsp3) is 0.154. The van der Waals surface area contributed by atoms with E-state index in [0.29, 0.717) is 10.6 Å². The van der Waals surface area contributed by atoms with Crippen LogP contribution in [0.3, 0.4) is 0 Å². The minimum absolute atomic E-state index is 0.398. The number of nitrogen functional groups attached to an aromatic ring is 1. The number of benzene rings is 1. The molecule has 0 radical (unpaired) electrons. The predicted octanol–water partition coefficient (Wildman–Crippen LogP) is 4.62. The van der Waals surface area contributed by atoms with Crippen LogP contribution in [-0.2, 0) is 4.74 Å². The Morgan fingerprint density at radius 1 is 1.37 bits per heavy atom. The fourth-order valence-corrected chi connectivity index (χ4v) is 4.26. The minimum Gasteiger partial charge on any atom is -0.465 e. The molecule has 100 valence electrons. The third-order valence-corrected chi connectivity index (χ3v) is 5.21. The molecule has 0 saturated heterocycles. The Morgan fingerprint density at radius 3 is 2.63 bits per heavy atom. The number of hydrogen-bond acceptors (Lipinski definition) is 4. The van der Waals surface area contributed by atoms with Gasteiger partial charge >= 0.3 is 5.97 Å². The number of hydrogen-bond donors (Lipinski definition) is 1. The highest BCUT2D eigenvalue weighted by Gasteiger charge is 2.20. The van der Waals surface area contributed by atoms with Gasteiger partial charge in [0.2, 0.25) is 0 Å². The maximum absolute atomic E-state index is 11.7. The Hall–Kier alpha value is -0.850. The summed E-state index contributed by atoms with van der Waals surface area (Å²) in [6.45, 7) is 1.90. The Balaban J connectivity index is 2.60. The highest BCUT2D eigenvalue weighted by molar-refractivity contribution is 9.11. The van der Waals surface area contributed by atoms with Gasteiger partial charge in [0, 0.05) is 19.4 Å². The molecule has 2 aromatic rings. The number of carbonyl (C=O) groups excluding carboxylic acids is 1. The van der Waals surface area contributed by atoms with Crippen molar-refractivity contribution in [3.05, 3.63) is 37.6 Å². The van der Waals surface area contributed by atoms with E-state index in [9.17, 15) is 4.79 Å². The molecule has 2 N–H and O–H groups in total. The summed E-state index contributed by atoms with van der Waals surface area (Å²) in [5.74, 6) is -0.398. The second kappa shape index (κ2) is 5.64. The predicted molar refractivity (Wildman–Crippen MR) is 85.6 cm³/mol. The molecule has 0 aliphatic carbocycles. The van der Waals surface area contributed by atoms with Crippen molar-refractivity contribution >= 4 is 54.9 Å². The van der Waals surface area contributed by atoms with E-state index in [4.69, 9.17) is 10.5 Å². The molecule has 0 atom stereocenters. The molecule has 19 heavy (non-hydrogen) atoms. The Kier molecular flexibility index (Phi) is 4.32. The molecule has 0 amide bonds. The van der Waals surface area contributed by atoms with Crippen LogP contribution in [0, 0.1) is 6.92 Å². The van der Waals surface area contributed by atoms with E-state index in [2.05, 4.69) is 31.9 Å². The summed E-state index contributed by atoms with van der Waals surface area (Å²) in [7, 11) is 1.35. The summed E-state index contributed by atoms with van der Waals surface area (Å²) in [4.78, 5) is 13.1. The van der Waals surface area contributed by atoms with Crippen molar-refractivity contribution in [3.63, 3.8) is 0 Å². The van der Waals surface area contributed by atoms with Gasteiger partial charge in [0.05, 0.1) is 12.8 Å². The van der Waals surface area contributed by atoms with Crippen molar-refractivity contribution in [2.45, 2.75) is 6.92 Å². The van der Waals surface area contributed by atoms with E-state index in [1.807, 2.05) is 25.1 Å². The minimum atomic E-state index is -0.398. The topological polar surface area (TPSA) is 52.3 Å². The molecule has 2 rings (SSSR count). The largest absolute Gasteiger partial charge is 0.465 e. The van der Waals surface area contributed by atoms with Crippen molar-refractivity contribution in [3.8, 4) is 10.4 Å².